The predicted octanol–water partition coefficient (Wildman–Crippen LogP) is 2.59. The number of halogens is 3. The minimum absolute atomic E-state index is 0.300. The van der Waals surface area contributed by atoms with E-state index in [-0.39, 0.29) is 0 Å². The Morgan fingerprint density at radius 2 is 2.16 bits per heavy atom. The third kappa shape index (κ3) is 2.50. The molecular formula is C13H18F3N3. The summed E-state index contributed by atoms with van der Waals surface area (Å²) in [6.45, 7) is 3.67. The summed E-state index contributed by atoms with van der Waals surface area (Å²) in [4.78, 5) is 3.83. The van der Waals surface area contributed by atoms with E-state index in [1.807, 2.05) is 6.92 Å². The fourth-order valence-corrected chi connectivity index (χ4v) is 2.89. The van der Waals surface area contributed by atoms with Crippen LogP contribution in [0, 0.1) is 11.8 Å². The fourth-order valence-electron chi connectivity index (χ4n) is 2.89. The first-order chi connectivity index (χ1) is 8.97. The smallest absolute Gasteiger partial charge is 0.324 e. The molecule has 19 heavy (non-hydrogen) atoms. The van der Waals surface area contributed by atoms with Gasteiger partial charge in [0.15, 0.2) is 0 Å². The van der Waals surface area contributed by atoms with Crippen molar-refractivity contribution in [3.05, 3.63) is 17.2 Å². The van der Waals surface area contributed by atoms with Crippen LogP contribution in [0.2, 0.25) is 0 Å². The highest BCUT2D eigenvalue weighted by atomic mass is 19.4. The van der Waals surface area contributed by atoms with Gasteiger partial charge < -0.3 is 9.88 Å². The quantitative estimate of drug-likeness (QED) is 0.917. The molecule has 1 unspecified atom stereocenters. The third-order valence-corrected chi connectivity index (χ3v) is 4.14. The van der Waals surface area contributed by atoms with Crippen molar-refractivity contribution in [1.29, 1.82) is 0 Å². The summed E-state index contributed by atoms with van der Waals surface area (Å²) in [5, 5.41) is 3.08. The van der Waals surface area contributed by atoms with E-state index in [2.05, 4.69) is 10.3 Å². The summed E-state index contributed by atoms with van der Waals surface area (Å²) < 4.78 is 40.7. The molecule has 1 aliphatic carbocycles. The molecular weight excluding hydrogens is 255 g/mol. The molecule has 1 saturated carbocycles. The zero-order valence-electron chi connectivity index (χ0n) is 10.9. The van der Waals surface area contributed by atoms with Gasteiger partial charge >= 0.3 is 6.18 Å². The summed E-state index contributed by atoms with van der Waals surface area (Å²) >= 11 is 0. The molecule has 106 valence electrons. The summed E-state index contributed by atoms with van der Waals surface area (Å²) in [6, 6.07) is 0. The van der Waals surface area contributed by atoms with Gasteiger partial charge in [-0.15, -0.1) is 0 Å². The number of fused-ring (bicyclic) bond motifs is 1. The molecule has 0 bridgehead atoms. The number of aromatic nitrogens is 2. The highest BCUT2D eigenvalue weighted by Gasteiger charge is 2.40. The summed E-state index contributed by atoms with van der Waals surface area (Å²) in [6.07, 6.45) is -1.42. The van der Waals surface area contributed by atoms with Crippen LogP contribution in [-0.4, -0.2) is 16.1 Å². The minimum Gasteiger partial charge on any atom is -0.324 e. The summed E-state index contributed by atoms with van der Waals surface area (Å²) in [7, 11) is 0. The summed E-state index contributed by atoms with van der Waals surface area (Å²) in [5.74, 6) is 0.184. The van der Waals surface area contributed by atoms with E-state index in [0.29, 0.717) is 37.0 Å². The Balaban J connectivity index is 1.96. The zero-order chi connectivity index (χ0) is 13.6. The zero-order valence-corrected chi connectivity index (χ0v) is 10.9. The van der Waals surface area contributed by atoms with Crippen LogP contribution in [0.15, 0.2) is 0 Å². The van der Waals surface area contributed by atoms with Crippen molar-refractivity contribution >= 4 is 0 Å². The maximum absolute atomic E-state index is 13.1. The first-order valence-corrected chi connectivity index (χ1v) is 6.83. The maximum atomic E-state index is 13.1. The number of rotatable bonds is 3. The third-order valence-electron chi connectivity index (χ3n) is 4.14. The van der Waals surface area contributed by atoms with Crippen molar-refractivity contribution in [2.75, 3.05) is 6.54 Å². The average Bonchev–Trinajstić information content (AvgIpc) is 3.12. The Morgan fingerprint density at radius 1 is 1.42 bits per heavy atom. The lowest BCUT2D eigenvalue weighted by Crippen LogP contribution is -2.26. The second kappa shape index (κ2) is 4.51. The average molecular weight is 273 g/mol. The molecule has 1 aromatic rings. The van der Waals surface area contributed by atoms with Crippen LogP contribution in [0.1, 0.15) is 37.0 Å². The van der Waals surface area contributed by atoms with E-state index in [1.54, 1.807) is 0 Å². The van der Waals surface area contributed by atoms with Crippen LogP contribution in [0.25, 0.3) is 0 Å². The highest BCUT2D eigenvalue weighted by Crippen LogP contribution is 2.39. The topological polar surface area (TPSA) is 29.9 Å². The SMILES string of the molecule is CC(Cn1c(C(F)(F)F)nc2c1CCNC2)C1CC1. The van der Waals surface area contributed by atoms with Gasteiger partial charge in [0.1, 0.15) is 0 Å². The van der Waals surface area contributed by atoms with Gasteiger partial charge in [-0.25, -0.2) is 4.98 Å². The molecule has 6 heteroatoms. The second-order valence-corrected chi connectivity index (χ2v) is 5.68. The summed E-state index contributed by atoms with van der Waals surface area (Å²) in [5.41, 5.74) is 1.35. The molecule has 0 spiro atoms. The Bertz CT molecular complexity index is 474. The monoisotopic (exact) mass is 273 g/mol. The van der Waals surface area contributed by atoms with Crippen molar-refractivity contribution in [3.8, 4) is 0 Å². The van der Waals surface area contributed by atoms with Crippen molar-refractivity contribution in [3.63, 3.8) is 0 Å². The van der Waals surface area contributed by atoms with E-state index in [9.17, 15) is 13.2 Å². The van der Waals surface area contributed by atoms with Crippen molar-refractivity contribution in [1.82, 2.24) is 14.9 Å². The number of nitrogens with one attached hydrogen (secondary N) is 1. The number of alkyl halides is 3. The van der Waals surface area contributed by atoms with Crippen LogP contribution in [0.5, 0.6) is 0 Å². The first kappa shape index (κ1) is 13.0. The van der Waals surface area contributed by atoms with Gasteiger partial charge in [0.25, 0.3) is 0 Å². The second-order valence-electron chi connectivity index (χ2n) is 5.68. The number of imidazole rings is 1. The van der Waals surface area contributed by atoms with Crippen LogP contribution in [0.4, 0.5) is 13.2 Å². The first-order valence-electron chi connectivity index (χ1n) is 6.83. The molecule has 2 heterocycles. The lowest BCUT2D eigenvalue weighted by molar-refractivity contribution is -0.147. The Labute approximate surface area is 110 Å². The molecule has 1 fully saturated rings. The van der Waals surface area contributed by atoms with Gasteiger partial charge in [0, 0.05) is 31.7 Å². The highest BCUT2D eigenvalue weighted by molar-refractivity contribution is 5.21. The van der Waals surface area contributed by atoms with E-state index < -0.39 is 12.0 Å². The van der Waals surface area contributed by atoms with Crippen LogP contribution >= 0.6 is 0 Å². The molecule has 3 nitrogen and oxygen atoms in total. The van der Waals surface area contributed by atoms with E-state index >= 15 is 0 Å². The Hall–Kier alpha value is -1.04. The van der Waals surface area contributed by atoms with Gasteiger partial charge in [-0.05, 0) is 24.7 Å². The van der Waals surface area contributed by atoms with Crippen LogP contribution < -0.4 is 5.32 Å². The molecule has 1 atom stereocenters. The molecule has 0 amide bonds. The van der Waals surface area contributed by atoms with Crippen molar-refractivity contribution in [2.45, 2.75) is 45.5 Å². The van der Waals surface area contributed by atoms with Gasteiger partial charge in [-0.3, -0.25) is 0 Å². The number of hydrogen-bond donors (Lipinski definition) is 1. The molecule has 1 N–H and O–H groups in total. The van der Waals surface area contributed by atoms with Gasteiger partial charge in [0.2, 0.25) is 5.82 Å². The predicted molar refractivity (Wildman–Crippen MR) is 64.5 cm³/mol. The van der Waals surface area contributed by atoms with Crippen LogP contribution in [0.3, 0.4) is 0 Å². The van der Waals surface area contributed by atoms with E-state index in [0.717, 1.165) is 25.1 Å². The molecule has 0 saturated heterocycles. The Morgan fingerprint density at radius 3 is 2.79 bits per heavy atom. The van der Waals surface area contributed by atoms with Gasteiger partial charge in [0.05, 0.1) is 5.69 Å². The largest absolute Gasteiger partial charge is 0.449 e. The lowest BCUT2D eigenvalue weighted by Gasteiger charge is -2.19. The van der Waals surface area contributed by atoms with E-state index in [4.69, 9.17) is 0 Å². The minimum atomic E-state index is -4.36. The molecule has 0 radical (unpaired) electrons. The standard InChI is InChI=1S/C13H18F3N3/c1-8(9-2-3-9)7-19-11-4-5-17-6-10(11)18-12(19)13(14,15)16/h8-9,17H,2-7H2,1H3. The fraction of sp³-hybridized carbons (Fsp3) is 0.769. The Kier molecular flexibility index (Phi) is 3.08. The van der Waals surface area contributed by atoms with Crippen molar-refractivity contribution in [2.24, 2.45) is 11.8 Å². The molecule has 1 aromatic heterocycles. The molecule has 1 aliphatic heterocycles. The molecule has 3 rings (SSSR count). The number of hydrogen-bond acceptors (Lipinski definition) is 2. The van der Waals surface area contributed by atoms with Crippen molar-refractivity contribution < 1.29 is 13.2 Å². The lowest BCUT2D eigenvalue weighted by atomic mass is 10.1. The van der Waals surface area contributed by atoms with Gasteiger partial charge in [-0.1, -0.05) is 6.92 Å². The number of nitrogens with zero attached hydrogens (tertiary/aromatic N) is 2. The molecule has 2 aliphatic rings. The van der Waals surface area contributed by atoms with E-state index in [1.165, 1.54) is 4.57 Å². The molecule has 0 aromatic carbocycles. The van der Waals surface area contributed by atoms with Gasteiger partial charge in [-0.2, -0.15) is 13.2 Å². The maximum Gasteiger partial charge on any atom is 0.449 e. The van der Waals surface area contributed by atoms with Crippen LogP contribution in [-0.2, 0) is 25.7 Å². The normalized spacial score (nSPS) is 21.3.